The number of nitriles is 1. The smallest absolute Gasteiger partial charge is 0.309 e. The Hall–Kier alpha value is -2.13. The molecule has 2 atom stereocenters. The van der Waals surface area contributed by atoms with Gasteiger partial charge in [-0.1, -0.05) is 6.07 Å². The molecule has 6 nitrogen and oxygen atoms in total. The van der Waals surface area contributed by atoms with Crippen LogP contribution in [0.25, 0.3) is 0 Å². The van der Waals surface area contributed by atoms with Gasteiger partial charge in [0, 0.05) is 6.61 Å². The molecule has 1 heterocycles. The van der Waals surface area contributed by atoms with Gasteiger partial charge < -0.3 is 10.1 Å². The molecule has 0 spiro atoms. The zero-order valence-corrected chi connectivity index (χ0v) is 9.92. The van der Waals surface area contributed by atoms with Crippen LogP contribution in [-0.4, -0.2) is 23.7 Å². The molecule has 2 rings (SSSR count). The summed E-state index contributed by atoms with van der Waals surface area (Å²) in [7, 11) is 0. The zero-order valence-electron chi connectivity index (χ0n) is 9.92. The van der Waals surface area contributed by atoms with E-state index in [1.807, 2.05) is 13.0 Å². The quantitative estimate of drug-likeness (QED) is 0.652. The van der Waals surface area contributed by atoms with Crippen LogP contribution in [0.4, 0.5) is 11.4 Å². The van der Waals surface area contributed by atoms with Crippen molar-refractivity contribution in [2.45, 2.75) is 25.5 Å². The lowest BCUT2D eigenvalue weighted by molar-refractivity contribution is -0.384. The molecule has 1 N–H and O–H groups in total. The molecule has 1 aromatic rings. The van der Waals surface area contributed by atoms with Gasteiger partial charge in [-0.05, 0) is 25.5 Å². The molecule has 0 bridgehead atoms. The van der Waals surface area contributed by atoms with Crippen LogP contribution in [0.1, 0.15) is 18.9 Å². The maximum Gasteiger partial charge on any atom is 0.309 e. The number of nitrogens with zero attached hydrogens (tertiary/aromatic N) is 2. The SMILES string of the molecule is CC1OCCC1Nc1cccc(C#N)c1[N+](=O)[O-]. The highest BCUT2D eigenvalue weighted by molar-refractivity contribution is 5.68. The summed E-state index contributed by atoms with van der Waals surface area (Å²) in [5.74, 6) is 0. The molecule has 1 aromatic carbocycles. The normalized spacial score (nSPS) is 22.4. The largest absolute Gasteiger partial charge is 0.376 e. The summed E-state index contributed by atoms with van der Waals surface area (Å²) in [6, 6.07) is 6.57. The van der Waals surface area contributed by atoms with E-state index in [-0.39, 0.29) is 23.4 Å². The van der Waals surface area contributed by atoms with Gasteiger partial charge in [0.15, 0.2) is 0 Å². The summed E-state index contributed by atoms with van der Waals surface area (Å²) in [6.45, 7) is 2.56. The Labute approximate surface area is 104 Å². The van der Waals surface area contributed by atoms with Gasteiger partial charge in [0.1, 0.15) is 17.3 Å². The third-order valence-corrected chi connectivity index (χ3v) is 3.06. The molecule has 1 aliphatic heterocycles. The number of ether oxygens (including phenoxy) is 1. The lowest BCUT2D eigenvalue weighted by Gasteiger charge is -2.17. The van der Waals surface area contributed by atoms with Crippen LogP contribution in [0.3, 0.4) is 0 Å². The van der Waals surface area contributed by atoms with Crippen molar-refractivity contribution in [3.8, 4) is 6.07 Å². The van der Waals surface area contributed by atoms with Crippen molar-refractivity contribution in [3.05, 3.63) is 33.9 Å². The number of para-hydroxylation sites is 1. The van der Waals surface area contributed by atoms with Crippen LogP contribution in [0, 0.1) is 21.4 Å². The standard InChI is InChI=1S/C12H13N3O3/c1-8-10(5-6-18-8)14-11-4-2-3-9(7-13)12(11)15(16)17/h2-4,8,10,14H,5-6H2,1H3. The van der Waals surface area contributed by atoms with E-state index in [2.05, 4.69) is 5.32 Å². The summed E-state index contributed by atoms with van der Waals surface area (Å²) >= 11 is 0. The number of hydrogen-bond acceptors (Lipinski definition) is 5. The van der Waals surface area contributed by atoms with E-state index in [1.54, 1.807) is 12.1 Å². The van der Waals surface area contributed by atoms with Crippen LogP contribution in [-0.2, 0) is 4.74 Å². The zero-order chi connectivity index (χ0) is 13.1. The molecule has 0 aliphatic carbocycles. The fraction of sp³-hybridized carbons (Fsp3) is 0.417. The minimum Gasteiger partial charge on any atom is -0.376 e. The molecule has 1 saturated heterocycles. The molecule has 0 saturated carbocycles. The van der Waals surface area contributed by atoms with Gasteiger partial charge in [0.2, 0.25) is 0 Å². The molecular weight excluding hydrogens is 234 g/mol. The van der Waals surface area contributed by atoms with Crippen molar-refractivity contribution in [3.63, 3.8) is 0 Å². The predicted octanol–water partition coefficient (Wildman–Crippen LogP) is 2.06. The van der Waals surface area contributed by atoms with E-state index >= 15 is 0 Å². The van der Waals surface area contributed by atoms with Crippen molar-refractivity contribution < 1.29 is 9.66 Å². The predicted molar refractivity (Wildman–Crippen MR) is 65.3 cm³/mol. The van der Waals surface area contributed by atoms with Crippen molar-refractivity contribution in [2.24, 2.45) is 0 Å². The second kappa shape index (κ2) is 5.02. The van der Waals surface area contributed by atoms with Gasteiger partial charge in [-0.2, -0.15) is 5.26 Å². The summed E-state index contributed by atoms with van der Waals surface area (Å²) < 4.78 is 5.40. The topological polar surface area (TPSA) is 88.2 Å². The molecule has 0 amide bonds. The minimum absolute atomic E-state index is 0.00958. The third-order valence-electron chi connectivity index (χ3n) is 3.06. The van der Waals surface area contributed by atoms with Gasteiger partial charge in [0.05, 0.1) is 17.1 Å². The molecule has 94 valence electrons. The second-order valence-electron chi connectivity index (χ2n) is 4.19. The van der Waals surface area contributed by atoms with Gasteiger partial charge >= 0.3 is 5.69 Å². The van der Waals surface area contributed by atoms with E-state index in [9.17, 15) is 10.1 Å². The monoisotopic (exact) mass is 247 g/mol. The molecule has 0 radical (unpaired) electrons. The molecule has 2 unspecified atom stereocenters. The Bertz CT molecular complexity index is 510. The molecule has 6 heteroatoms. The molecule has 18 heavy (non-hydrogen) atoms. The Kier molecular flexibility index (Phi) is 3.44. The lowest BCUT2D eigenvalue weighted by atomic mass is 10.1. The second-order valence-corrected chi connectivity index (χ2v) is 4.19. The van der Waals surface area contributed by atoms with Crippen molar-refractivity contribution in [2.75, 3.05) is 11.9 Å². The fourth-order valence-electron chi connectivity index (χ4n) is 2.07. The lowest BCUT2D eigenvalue weighted by Crippen LogP contribution is -2.27. The summed E-state index contributed by atoms with van der Waals surface area (Å²) in [4.78, 5) is 10.5. The van der Waals surface area contributed by atoms with Crippen LogP contribution >= 0.6 is 0 Å². The Morgan fingerprint density at radius 2 is 2.39 bits per heavy atom. The Morgan fingerprint density at radius 3 is 2.94 bits per heavy atom. The minimum atomic E-state index is -0.526. The number of hydrogen-bond donors (Lipinski definition) is 1. The number of rotatable bonds is 3. The van der Waals surface area contributed by atoms with E-state index < -0.39 is 4.92 Å². The van der Waals surface area contributed by atoms with Crippen molar-refractivity contribution in [1.29, 1.82) is 5.26 Å². The van der Waals surface area contributed by atoms with E-state index in [0.717, 1.165) is 6.42 Å². The highest BCUT2D eigenvalue weighted by Gasteiger charge is 2.27. The first kappa shape index (κ1) is 12.3. The molecule has 1 aliphatic rings. The third kappa shape index (κ3) is 2.26. The van der Waals surface area contributed by atoms with E-state index in [0.29, 0.717) is 12.3 Å². The van der Waals surface area contributed by atoms with Crippen LogP contribution in [0.15, 0.2) is 18.2 Å². The number of nitro benzene ring substituents is 1. The van der Waals surface area contributed by atoms with Gasteiger partial charge in [0.25, 0.3) is 0 Å². The average Bonchev–Trinajstić information content (AvgIpc) is 2.74. The highest BCUT2D eigenvalue weighted by Crippen LogP contribution is 2.30. The van der Waals surface area contributed by atoms with Gasteiger partial charge in [-0.3, -0.25) is 10.1 Å². The van der Waals surface area contributed by atoms with E-state index in [4.69, 9.17) is 10.00 Å². The summed E-state index contributed by atoms with van der Waals surface area (Å²) in [5, 5.41) is 23.0. The number of nitro groups is 1. The van der Waals surface area contributed by atoms with Crippen molar-refractivity contribution in [1.82, 2.24) is 0 Å². The number of benzene rings is 1. The van der Waals surface area contributed by atoms with Gasteiger partial charge in [-0.25, -0.2) is 0 Å². The highest BCUT2D eigenvalue weighted by atomic mass is 16.6. The fourth-order valence-corrected chi connectivity index (χ4v) is 2.07. The Morgan fingerprint density at radius 1 is 1.61 bits per heavy atom. The summed E-state index contributed by atoms with van der Waals surface area (Å²) in [5.41, 5.74) is 0.275. The van der Waals surface area contributed by atoms with E-state index in [1.165, 1.54) is 6.07 Å². The first-order valence-corrected chi connectivity index (χ1v) is 5.69. The number of anilines is 1. The van der Waals surface area contributed by atoms with Crippen LogP contribution in [0.5, 0.6) is 0 Å². The Balaban J connectivity index is 2.33. The van der Waals surface area contributed by atoms with Crippen molar-refractivity contribution >= 4 is 11.4 Å². The van der Waals surface area contributed by atoms with Gasteiger partial charge in [-0.15, -0.1) is 0 Å². The molecule has 0 aromatic heterocycles. The first-order valence-electron chi connectivity index (χ1n) is 5.69. The van der Waals surface area contributed by atoms with Crippen LogP contribution in [0.2, 0.25) is 0 Å². The number of nitrogens with one attached hydrogen (secondary N) is 1. The first-order chi connectivity index (χ1) is 8.63. The average molecular weight is 247 g/mol. The summed E-state index contributed by atoms with van der Waals surface area (Å²) in [6.07, 6.45) is 0.810. The maximum atomic E-state index is 11.0. The molecule has 1 fully saturated rings. The van der Waals surface area contributed by atoms with Crippen LogP contribution < -0.4 is 5.32 Å². The molecular formula is C12H13N3O3. The maximum absolute atomic E-state index is 11.0.